The molecule has 8 nitrogen and oxygen atoms in total. The SMILES string of the molecule is O=C(c1ccc(F)cc1)N1CCC(O)(Cn2cnc3c(c2=O)C=NC3C2CCNCC2)CC1. The largest absolute Gasteiger partial charge is 0.388 e. The summed E-state index contributed by atoms with van der Waals surface area (Å²) in [5.41, 5.74) is 0.397. The highest BCUT2D eigenvalue weighted by molar-refractivity contribution is 5.94. The number of hydrogen-bond donors (Lipinski definition) is 2. The molecule has 174 valence electrons. The topological polar surface area (TPSA) is 99.8 Å². The summed E-state index contributed by atoms with van der Waals surface area (Å²) >= 11 is 0. The van der Waals surface area contributed by atoms with E-state index < -0.39 is 5.60 Å². The lowest BCUT2D eigenvalue weighted by atomic mass is 9.88. The first-order valence-corrected chi connectivity index (χ1v) is 11.5. The number of aromatic nitrogens is 2. The van der Waals surface area contributed by atoms with Crippen molar-refractivity contribution in [3.63, 3.8) is 0 Å². The summed E-state index contributed by atoms with van der Waals surface area (Å²) in [6.07, 6.45) is 5.88. The van der Waals surface area contributed by atoms with Gasteiger partial charge in [0.25, 0.3) is 11.5 Å². The number of benzene rings is 1. The van der Waals surface area contributed by atoms with Crippen LogP contribution in [0.2, 0.25) is 0 Å². The summed E-state index contributed by atoms with van der Waals surface area (Å²) in [7, 11) is 0. The third-order valence-corrected chi connectivity index (χ3v) is 7.12. The van der Waals surface area contributed by atoms with Crippen LogP contribution in [0.4, 0.5) is 4.39 Å². The van der Waals surface area contributed by atoms with E-state index in [9.17, 15) is 19.1 Å². The third kappa shape index (κ3) is 4.35. The van der Waals surface area contributed by atoms with Gasteiger partial charge >= 0.3 is 0 Å². The summed E-state index contributed by atoms with van der Waals surface area (Å²) < 4.78 is 14.6. The molecule has 0 spiro atoms. The zero-order valence-electron chi connectivity index (χ0n) is 18.4. The van der Waals surface area contributed by atoms with E-state index >= 15 is 0 Å². The fourth-order valence-electron chi connectivity index (χ4n) is 5.09. The van der Waals surface area contributed by atoms with Gasteiger partial charge in [-0.2, -0.15) is 0 Å². The molecule has 2 fully saturated rings. The molecule has 1 aromatic heterocycles. The van der Waals surface area contributed by atoms with Gasteiger partial charge in [0.05, 0.1) is 35.8 Å². The number of rotatable bonds is 4. The minimum absolute atomic E-state index is 0.0618. The van der Waals surface area contributed by atoms with Gasteiger partial charge in [-0.05, 0) is 69.0 Å². The Bertz CT molecular complexity index is 1120. The lowest BCUT2D eigenvalue weighted by molar-refractivity contribution is -0.0300. The summed E-state index contributed by atoms with van der Waals surface area (Å²) in [6.45, 7) is 2.75. The minimum Gasteiger partial charge on any atom is -0.388 e. The van der Waals surface area contributed by atoms with Crippen molar-refractivity contribution in [2.24, 2.45) is 10.9 Å². The molecule has 33 heavy (non-hydrogen) atoms. The van der Waals surface area contributed by atoms with Gasteiger partial charge in [-0.15, -0.1) is 0 Å². The number of aliphatic hydroxyl groups is 1. The van der Waals surface area contributed by atoms with Gasteiger partial charge in [0.15, 0.2) is 0 Å². The number of piperidine rings is 2. The Morgan fingerprint density at radius 2 is 1.88 bits per heavy atom. The normalized spacial score (nSPS) is 22.4. The predicted molar refractivity (Wildman–Crippen MR) is 121 cm³/mol. The first-order chi connectivity index (χ1) is 15.9. The molecule has 2 aromatic rings. The molecule has 3 aliphatic heterocycles. The Morgan fingerprint density at radius 3 is 2.58 bits per heavy atom. The van der Waals surface area contributed by atoms with Crippen molar-refractivity contribution in [2.45, 2.75) is 43.9 Å². The number of likely N-dealkylation sites (tertiary alicyclic amines) is 1. The zero-order valence-corrected chi connectivity index (χ0v) is 18.4. The van der Waals surface area contributed by atoms with Crippen molar-refractivity contribution in [3.8, 4) is 0 Å². The molecular formula is C24H28FN5O3. The first-order valence-electron chi connectivity index (χ1n) is 11.5. The lowest BCUT2D eigenvalue weighted by Crippen LogP contribution is -2.49. The molecule has 0 saturated carbocycles. The van der Waals surface area contributed by atoms with E-state index in [-0.39, 0.29) is 29.9 Å². The molecule has 3 aliphatic rings. The average molecular weight is 454 g/mol. The van der Waals surface area contributed by atoms with E-state index in [2.05, 4.69) is 15.3 Å². The van der Waals surface area contributed by atoms with Crippen LogP contribution in [0.15, 0.2) is 40.4 Å². The minimum atomic E-state index is -1.11. The Kier molecular flexibility index (Phi) is 5.84. The quantitative estimate of drug-likeness (QED) is 0.731. The number of nitrogens with zero attached hydrogens (tertiary/aromatic N) is 4. The fraction of sp³-hybridized carbons (Fsp3) is 0.500. The number of carbonyl (C=O) groups is 1. The molecule has 0 radical (unpaired) electrons. The maximum atomic E-state index is 13.1. The van der Waals surface area contributed by atoms with Gasteiger partial charge in [-0.3, -0.25) is 19.1 Å². The highest BCUT2D eigenvalue weighted by Gasteiger charge is 2.36. The van der Waals surface area contributed by atoms with E-state index in [4.69, 9.17) is 0 Å². The van der Waals surface area contributed by atoms with Crippen LogP contribution in [0.1, 0.15) is 53.3 Å². The van der Waals surface area contributed by atoms with Crippen molar-refractivity contribution in [1.82, 2.24) is 19.8 Å². The molecule has 5 rings (SSSR count). The number of fused-ring (bicyclic) bond motifs is 1. The lowest BCUT2D eigenvalue weighted by Gasteiger charge is -2.38. The molecule has 0 bridgehead atoms. The van der Waals surface area contributed by atoms with Crippen molar-refractivity contribution in [2.75, 3.05) is 26.2 Å². The van der Waals surface area contributed by atoms with E-state index in [0.29, 0.717) is 43.0 Å². The van der Waals surface area contributed by atoms with Crippen LogP contribution < -0.4 is 10.9 Å². The van der Waals surface area contributed by atoms with Crippen LogP contribution in [-0.4, -0.2) is 63.5 Å². The summed E-state index contributed by atoms with van der Waals surface area (Å²) in [4.78, 5) is 36.6. The maximum absolute atomic E-state index is 13.1. The first kappa shape index (κ1) is 21.9. The van der Waals surface area contributed by atoms with Gasteiger partial charge in [0.1, 0.15) is 5.82 Å². The van der Waals surface area contributed by atoms with Crippen LogP contribution in [-0.2, 0) is 6.54 Å². The van der Waals surface area contributed by atoms with Crippen molar-refractivity contribution in [3.05, 3.63) is 63.6 Å². The second-order valence-electron chi connectivity index (χ2n) is 9.31. The number of halogens is 1. The monoisotopic (exact) mass is 453 g/mol. The van der Waals surface area contributed by atoms with Crippen molar-refractivity contribution < 1.29 is 14.3 Å². The van der Waals surface area contributed by atoms with Crippen LogP contribution in [0.5, 0.6) is 0 Å². The van der Waals surface area contributed by atoms with E-state index in [0.717, 1.165) is 31.6 Å². The molecule has 1 amide bonds. The highest BCUT2D eigenvalue weighted by Crippen LogP contribution is 2.35. The number of amides is 1. The maximum Gasteiger partial charge on any atom is 0.262 e. The van der Waals surface area contributed by atoms with E-state index in [1.807, 2.05) is 0 Å². The molecule has 1 atom stereocenters. The molecular weight excluding hydrogens is 425 g/mol. The van der Waals surface area contributed by atoms with Crippen LogP contribution in [0.3, 0.4) is 0 Å². The highest BCUT2D eigenvalue weighted by atomic mass is 19.1. The van der Waals surface area contributed by atoms with Gasteiger partial charge < -0.3 is 15.3 Å². The van der Waals surface area contributed by atoms with Gasteiger partial charge in [-0.1, -0.05) is 0 Å². The van der Waals surface area contributed by atoms with Crippen molar-refractivity contribution in [1.29, 1.82) is 0 Å². The van der Waals surface area contributed by atoms with Gasteiger partial charge in [0.2, 0.25) is 0 Å². The number of hydrogen-bond acceptors (Lipinski definition) is 6. The second-order valence-corrected chi connectivity index (χ2v) is 9.31. The summed E-state index contributed by atoms with van der Waals surface area (Å²) in [6, 6.07) is 5.40. The smallest absolute Gasteiger partial charge is 0.262 e. The molecule has 9 heteroatoms. The van der Waals surface area contributed by atoms with E-state index in [1.165, 1.54) is 35.2 Å². The van der Waals surface area contributed by atoms with Gasteiger partial charge in [-0.25, -0.2) is 9.37 Å². The molecule has 4 heterocycles. The molecule has 2 saturated heterocycles. The van der Waals surface area contributed by atoms with Crippen molar-refractivity contribution >= 4 is 12.1 Å². The molecule has 1 aromatic carbocycles. The molecule has 2 N–H and O–H groups in total. The summed E-state index contributed by atoms with van der Waals surface area (Å²) in [5.74, 6) is -0.188. The summed E-state index contributed by atoms with van der Waals surface area (Å²) in [5, 5.41) is 14.5. The fourth-order valence-corrected chi connectivity index (χ4v) is 5.09. The number of nitrogens with one attached hydrogen (secondary N) is 1. The Hall–Kier alpha value is -2.91. The Morgan fingerprint density at radius 1 is 1.18 bits per heavy atom. The Balaban J connectivity index is 1.25. The van der Waals surface area contributed by atoms with Crippen LogP contribution in [0, 0.1) is 11.7 Å². The van der Waals surface area contributed by atoms with Gasteiger partial charge in [0, 0.05) is 24.9 Å². The third-order valence-electron chi connectivity index (χ3n) is 7.12. The molecule has 0 aliphatic carbocycles. The van der Waals surface area contributed by atoms with Crippen LogP contribution >= 0.6 is 0 Å². The van der Waals surface area contributed by atoms with E-state index in [1.54, 1.807) is 11.1 Å². The van der Waals surface area contributed by atoms with Crippen LogP contribution in [0.25, 0.3) is 0 Å². The average Bonchev–Trinajstić information content (AvgIpc) is 3.27. The number of carbonyl (C=O) groups excluding carboxylic acids is 1. The Labute approximate surface area is 191 Å². The molecule has 1 unspecified atom stereocenters. The zero-order chi connectivity index (χ0) is 23.0. The second kappa shape index (κ2) is 8.79. The predicted octanol–water partition coefficient (Wildman–Crippen LogP) is 1.52. The standard InChI is InChI=1S/C24H28FN5O3/c25-18-3-1-17(2-4-18)22(31)29-11-7-24(33,8-12-29)14-30-15-28-21-19(23(30)32)13-27-20(21)16-5-9-26-10-6-16/h1-4,13,15-16,20,26,33H,5-12,14H2. The number of aliphatic imine (C=N–C) groups is 1.